The molecule has 7 nitrogen and oxygen atoms in total. The van der Waals surface area contributed by atoms with Crippen LogP contribution < -0.4 is 15.5 Å². The van der Waals surface area contributed by atoms with Crippen LogP contribution in [0.2, 0.25) is 0 Å². The topological polar surface area (TPSA) is 100 Å². The fourth-order valence-corrected chi connectivity index (χ4v) is 3.08. The zero-order valence-electron chi connectivity index (χ0n) is 14.9. The first-order chi connectivity index (χ1) is 13.1. The second kappa shape index (κ2) is 8.35. The van der Waals surface area contributed by atoms with Gasteiger partial charge >= 0.3 is 0 Å². The highest BCUT2D eigenvalue weighted by molar-refractivity contribution is 6.03. The normalized spacial score (nSPS) is 19.1. The Kier molecular flexibility index (Phi) is 5.71. The van der Waals surface area contributed by atoms with Crippen molar-refractivity contribution in [2.75, 3.05) is 13.2 Å². The van der Waals surface area contributed by atoms with Gasteiger partial charge in [0.15, 0.2) is 11.5 Å². The Bertz CT molecular complexity index is 852. The first-order valence-electron chi connectivity index (χ1n) is 8.72. The van der Waals surface area contributed by atoms with E-state index >= 15 is 0 Å². The van der Waals surface area contributed by atoms with Crippen molar-refractivity contribution in [3.05, 3.63) is 59.7 Å². The van der Waals surface area contributed by atoms with Gasteiger partial charge in [-0.1, -0.05) is 36.4 Å². The number of benzene rings is 2. The number of phenols is 1. The van der Waals surface area contributed by atoms with Crippen molar-refractivity contribution in [1.29, 1.82) is 0 Å². The summed E-state index contributed by atoms with van der Waals surface area (Å²) in [7, 11) is 0. The molecule has 7 heteroatoms. The van der Waals surface area contributed by atoms with Crippen LogP contribution in [0.5, 0.6) is 11.5 Å². The number of aromatic hydroxyl groups is 1. The van der Waals surface area contributed by atoms with E-state index in [1.807, 2.05) is 37.3 Å². The van der Waals surface area contributed by atoms with E-state index in [-0.39, 0.29) is 17.6 Å². The quantitative estimate of drug-likeness (QED) is 0.412. The SMILES string of the molecule is CCOc1cccc(/C=N/NC(=O)C2C(=O)NCC2c2ccccc2)c1O. The van der Waals surface area contributed by atoms with Crippen molar-refractivity contribution in [3.63, 3.8) is 0 Å². The van der Waals surface area contributed by atoms with Gasteiger partial charge in [-0.25, -0.2) is 5.43 Å². The molecule has 140 valence electrons. The van der Waals surface area contributed by atoms with Crippen LogP contribution in [0.3, 0.4) is 0 Å². The smallest absolute Gasteiger partial charge is 0.253 e. The van der Waals surface area contributed by atoms with E-state index in [2.05, 4.69) is 15.8 Å². The summed E-state index contributed by atoms with van der Waals surface area (Å²) < 4.78 is 5.31. The minimum Gasteiger partial charge on any atom is -0.504 e. The van der Waals surface area contributed by atoms with Gasteiger partial charge in [0.25, 0.3) is 5.91 Å². The lowest BCUT2D eigenvalue weighted by atomic mass is 9.88. The van der Waals surface area contributed by atoms with Crippen LogP contribution in [-0.2, 0) is 9.59 Å². The van der Waals surface area contributed by atoms with Crippen molar-refractivity contribution in [3.8, 4) is 11.5 Å². The molecule has 2 atom stereocenters. The van der Waals surface area contributed by atoms with Crippen molar-refractivity contribution >= 4 is 18.0 Å². The number of carbonyl (C=O) groups is 2. The minimum absolute atomic E-state index is 0.0573. The zero-order valence-corrected chi connectivity index (χ0v) is 14.9. The van der Waals surface area contributed by atoms with Gasteiger partial charge in [-0.2, -0.15) is 5.10 Å². The molecule has 1 saturated heterocycles. The third-order valence-corrected chi connectivity index (χ3v) is 4.40. The molecule has 2 aromatic carbocycles. The van der Waals surface area contributed by atoms with Gasteiger partial charge in [-0.15, -0.1) is 0 Å². The lowest BCUT2D eigenvalue weighted by Gasteiger charge is -2.15. The molecule has 1 aliphatic heterocycles. The number of nitrogens with one attached hydrogen (secondary N) is 2. The van der Waals surface area contributed by atoms with Gasteiger partial charge in [0, 0.05) is 18.0 Å². The number of hydrogen-bond acceptors (Lipinski definition) is 5. The number of phenolic OH excluding ortho intramolecular Hbond substituents is 1. The third-order valence-electron chi connectivity index (χ3n) is 4.40. The maximum Gasteiger partial charge on any atom is 0.253 e. The number of hydrogen-bond donors (Lipinski definition) is 3. The molecule has 0 bridgehead atoms. The van der Waals surface area contributed by atoms with Crippen molar-refractivity contribution in [2.45, 2.75) is 12.8 Å². The molecule has 2 amide bonds. The molecule has 3 N–H and O–H groups in total. The Hall–Kier alpha value is -3.35. The van der Waals surface area contributed by atoms with E-state index in [9.17, 15) is 14.7 Å². The number of nitrogens with zero attached hydrogens (tertiary/aromatic N) is 1. The van der Waals surface area contributed by atoms with Crippen molar-refractivity contribution < 1.29 is 19.4 Å². The molecule has 1 heterocycles. The number of hydrazone groups is 1. The monoisotopic (exact) mass is 367 g/mol. The van der Waals surface area contributed by atoms with Crippen LogP contribution in [0, 0.1) is 5.92 Å². The van der Waals surface area contributed by atoms with Gasteiger partial charge in [-0.05, 0) is 24.6 Å². The largest absolute Gasteiger partial charge is 0.504 e. The molecular formula is C20H21N3O4. The van der Waals surface area contributed by atoms with Crippen LogP contribution >= 0.6 is 0 Å². The Morgan fingerprint density at radius 3 is 2.81 bits per heavy atom. The maximum absolute atomic E-state index is 12.5. The van der Waals surface area contributed by atoms with E-state index in [1.54, 1.807) is 18.2 Å². The standard InChI is InChI=1S/C20H21N3O4/c1-2-27-16-10-6-9-14(18(16)24)11-22-23-20(26)17-15(12-21-19(17)25)13-7-4-3-5-8-13/h3-11,15,17,24H,2,12H2,1H3,(H,21,25)(H,23,26)/b22-11+. The highest BCUT2D eigenvalue weighted by Gasteiger charge is 2.40. The second-order valence-corrected chi connectivity index (χ2v) is 6.10. The summed E-state index contributed by atoms with van der Waals surface area (Å²) in [6, 6.07) is 14.4. The van der Waals surface area contributed by atoms with Gasteiger partial charge in [0.2, 0.25) is 5.91 Å². The molecule has 3 rings (SSSR count). The highest BCUT2D eigenvalue weighted by atomic mass is 16.5. The fourth-order valence-electron chi connectivity index (χ4n) is 3.08. The van der Waals surface area contributed by atoms with Crippen LogP contribution in [0.4, 0.5) is 0 Å². The molecule has 2 aromatic rings. The van der Waals surface area contributed by atoms with Gasteiger partial charge in [0.05, 0.1) is 12.8 Å². The van der Waals surface area contributed by atoms with E-state index < -0.39 is 11.8 Å². The molecular weight excluding hydrogens is 346 g/mol. The van der Waals surface area contributed by atoms with E-state index in [1.165, 1.54) is 6.21 Å². The molecule has 1 aliphatic rings. The second-order valence-electron chi connectivity index (χ2n) is 6.10. The minimum atomic E-state index is -0.854. The Balaban J connectivity index is 1.70. The van der Waals surface area contributed by atoms with Gasteiger partial charge < -0.3 is 15.2 Å². The van der Waals surface area contributed by atoms with Crippen molar-refractivity contribution in [1.82, 2.24) is 10.7 Å². The predicted molar refractivity (Wildman–Crippen MR) is 101 cm³/mol. The molecule has 0 spiro atoms. The van der Waals surface area contributed by atoms with Crippen LogP contribution in [0.15, 0.2) is 53.6 Å². The number of carbonyl (C=O) groups excluding carboxylic acids is 2. The molecule has 0 aromatic heterocycles. The van der Waals surface area contributed by atoms with Gasteiger partial charge in [0.1, 0.15) is 5.92 Å². The molecule has 0 aliphatic carbocycles. The molecule has 2 unspecified atom stereocenters. The summed E-state index contributed by atoms with van der Waals surface area (Å²) in [5.41, 5.74) is 3.72. The zero-order chi connectivity index (χ0) is 19.2. The molecule has 0 radical (unpaired) electrons. The van der Waals surface area contributed by atoms with E-state index in [0.717, 1.165) is 5.56 Å². The van der Waals surface area contributed by atoms with E-state index in [4.69, 9.17) is 4.74 Å². The predicted octanol–water partition coefficient (Wildman–Crippen LogP) is 1.77. The van der Waals surface area contributed by atoms with Gasteiger partial charge in [-0.3, -0.25) is 9.59 Å². The summed E-state index contributed by atoms with van der Waals surface area (Å²) in [6.07, 6.45) is 1.32. The van der Waals surface area contributed by atoms with Crippen LogP contribution in [0.1, 0.15) is 24.0 Å². The number of amides is 2. The molecule has 0 saturated carbocycles. The molecule has 1 fully saturated rings. The van der Waals surface area contributed by atoms with Crippen LogP contribution in [0.25, 0.3) is 0 Å². The Labute approximate surface area is 157 Å². The molecule has 27 heavy (non-hydrogen) atoms. The average molecular weight is 367 g/mol. The van der Waals surface area contributed by atoms with Crippen molar-refractivity contribution in [2.24, 2.45) is 11.0 Å². The Morgan fingerprint density at radius 2 is 2.07 bits per heavy atom. The fraction of sp³-hybridized carbons (Fsp3) is 0.250. The number of ether oxygens (including phenoxy) is 1. The maximum atomic E-state index is 12.5. The highest BCUT2D eigenvalue weighted by Crippen LogP contribution is 2.30. The first-order valence-corrected chi connectivity index (χ1v) is 8.72. The number of rotatable bonds is 6. The van der Waals surface area contributed by atoms with Crippen LogP contribution in [-0.4, -0.2) is 36.3 Å². The summed E-state index contributed by atoms with van der Waals surface area (Å²) in [6.45, 7) is 2.64. The first kappa shape index (κ1) is 18.4. The lowest BCUT2D eigenvalue weighted by Crippen LogP contribution is -2.34. The Morgan fingerprint density at radius 1 is 1.30 bits per heavy atom. The summed E-state index contributed by atoms with van der Waals surface area (Å²) in [4.78, 5) is 24.6. The van der Waals surface area contributed by atoms with E-state index in [0.29, 0.717) is 24.5 Å². The number of para-hydroxylation sites is 1. The third kappa shape index (κ3) is 4.08. The average Bonchev–Trinajstić information content (AvgIpc) is 3.07. The summed E-state index contributed by atoms with van der Waals surface area (Å²) in [5, 5.41) is 16.8. The lowest BCUT2D eigenvalue weighted by molar-refractivity contribution is -0.133. The summed E-state index contributed by atoms with van der Waals surface area (Å²) >= 11 is 0. The summed E-state index contributed by atoms with van der Waals surface area (Å²) in [5.74, 6) is -1.63.